The van der Waals surface area contributed by atoms with Gasteiger partial charge in [0, 0.05) is 44.5 Å². The van der Waals surface area contributed by atoms with Crippen LogP contribution in [-0.2, 0) is 0 Å². The SMILES string of the molecule is Cc1cccc(N2CCN(CCCCN=C(N)NC(C)C)CC2)c1. The molecule has 2 rings (SSSR count). The number of hydrogen-bond donors (Lipinski definition) is 2. The van der Waals surface area contributed by atoms with Crippen LogP contribution in [0.2, 0.25) is 0 Å². The Morgan fingerprint density at radius 3 is 2.62 bits per heavy atom. The molecule has 3 N–H and O–H groups in total. The van der Waals surface area contributed by atoms with Crippen molar-refractivity contribution in [1.82, 2.24) is 10.2 Å². The second kappa shape index (κ2) is 9.52. The van der Waals surface area contributed by atoms with Crippen LogP contribution in [0.1, 0.15) is 32.3 Å². The lowest BCUT2D eigenvalue weighted by atomic mass is 10.2. The highest BCUT2D eigenvalue weighted by molar-refractivity contribution is 5.78. The molecule has 0 spiro atoms. The summed E-state index contributed by atoms with van der Waals surface area (Å²) in [6.07, 6.45) is 2.28. The highest BCUT2D eigenvalue weighted by Gasteiger charge is 2.16. The summed E-state index contributed by atoms with van der Waals surface area (Å²) in [4.78, 5) is 9.42. The first-order valence-corrected chi connectivity index (χ1v) is 9.15. The number of guanidine groups is 1. The molecule has 134 valence electrons. The number of benzene rings is 1. The zero-order valence-electron chi connectivity index (χ0n) is 15.5. The van der Waals surface area contributed by atoms with E-state index in [1.807, 2.05) is 0 Å². The molecule has 1 saturated heterocycles. The monoisotopic (exact) mass is 331 g/mol. The number of nitrogens with one attached hydrogen (secondary N) is 1. The van der Waals surface area contributed by atoms with E-state index >= 15 is 0 Å². The van der Waals surface area contributed by atoms with Gasteiger partial charge in [0.1, 0.15) is 0 Å². The average molecular weight is 332 g/mol. The Balaban J connectivity index is 1.62. The zero-order valence-corrected chi connectivity index (χ0v) is 15.5. The zero-order chi connectivity index (χ0) is 17.4. The van der Waals surface area contributed by atoms with Crippen molar-refractivity contribution in [1.29, 1.82) is 0 Å². The van der Waals surface area contributed by atoms with Crippen LogP contribution in [0.3, 0.4) is 0 Å². The van der Waals surface area contributed by atoms with Gasteiger partial charge in [-0.2, -0.15) is 0 Å². The van der Waals surface area contributed by atoms with E-state index in [1.54, 1.807) is 0 Å². The van der Waals surface area contributed by atoms with Crippen molar-refractivity contribution in [3.05, 3.63) is 29.8 Å². The number of nitrogens with two attached hydrogens (primary N) is 1. The summed E-state index contributed by atoms with van der Waals surface area (Å²) >= 11 is 0. The van der Waals surface area contributed by atoms with Crippen LogP contribution in [0.4, 0.5) is 5.69 Å². The lowest BCUT2D eigenvalue weighted by Gasteiger charge is -2.36. The van der Waals surface area contributed by atoms with Crippen molar-refractivity contribution in [2.45, 2.75) is 39.7 Å². The molecule has 5 heteroatoms. The molecule has 0 atom stereocenters. The Morgan fingerprint density at radius 1 is 1.21 bits per heavy atom. The Morgan fingerprint density at radius 2 is 1.96 bits per heavy atom. The van der Waals surface area contributed by atoms with Crippen molar-refractivity contribution in [2.24, 2.45) is 10.7 Å². The molecule has 0 unspecified atom stereocenters. The van der Waals surface area contributed by atoms with Crippen molar-refractivity contribution in [3.63, 3.8) is 0 Å². The smallest absolute Gasteiger partial charge is 0.188 e. The molecular formula is C19H33N5. The third kappa shape index (κ3) is 6.40. The van der Waals surface area contributed by atoms with Gasteiger partial charge in [0.05, 0.1) is 0 Å². The minimum Gasteiger partial charge on any atom is -0.370 e. The number of piperazine rings is 1. The second-order valence-corrected chi connectivity index (χ2v) is 6.94. The maximum Gasteiger partial charge on any atom is 0.188 e. The van der Waals surface area contributed by atoms with Crippen molar-refractivity contribution in [2.75, 3.05) is 44.2 Å². The molecule has 1 fully saturated rings. The highest BCUT2D eigenvalue weighted by atomic mass is 15.3. The van der Waals surface area contributed by atoms with Crippen molar-refractivity contribution in [3.8, 4) is 0 Å². The summed E-state index contributed by atoms with van der Waals surface area (Å²) in [6.45, 7) is 12.8. The first-order valence-electron chi connectivity index (χ1n) is 9.15. The van der Waals surface area contributed by atoms with Gasteiger partial charge >= 0.3 is 0 Å². The first kappa shape index (κ1) is 18.6. The van der Waals surface area contributed by atoms with Crippen molar-refractivity contribution < 1.29 is 0 Å². The number of anilines is 1. The largest absolute Gasteiger partial charge is 0.370 e. The summed E-state index contributed by atoms with van der Waals surface area (Å²) in [6, 6.07) is 9.15. The lowest BCUT2D eigenvalue weighted by molar-refractivity contribution is 0.253. The average Bonchev–Trinajstić information content (AvgIpc) is 2.54. The summed E-state index contributed by atoms with van der Waals surface area (Å²) in [5, 5.41) is 3.12. The lowest BCUT2D eigenvalue weighted by Crippen LogP contribution is -2.46. The fourth-order valence-corrected chi connectivity index (χ4v) is 3.04. The Bertz CT molecular complexity index is 518. The number of unbranched alkanes of at least 4 members (excludes halogenated alkanes) is 1. The second-order valence-electron chi connectivity index (χ2n) is 6.94. The van der Waals surface area contributed by atoms with Gasteiger partial charge in [-0.3, -0.25) is 9.89 Å². The fourth-order valence-electron chi connectivity index (χ4n) is 3.04. The van der Waals surface area contributed by atoms with Gasteiger partial charge in [-0.15, -0.1) is 0 Å². The summed E-state index contributed by atoms with van der Waals surface area (Å²) < 4.78 is 0. The quantitative estimate of drug-likeness (QED) is 0.457. The molecule has 1 heterocycles. The third-order valence-electron chi connectivity index (χ3n) is 4.34. The predicted molar refractivity (Wildman–Crippen MR) is 104 cm³/mol. The van der Waals surface area contributed by atoms with E-state index in [4.69, 9.17) is 5.73 Å². The summed E-state index contributed by atoms with van der Waals surface area (Å²) in [5.74, 6) is 0.566. The predicted octanol–water partition coefficient (Wildman–Crippen LogP) is 2.21. The maximum atomic E-state index is 5.80. The summed E-state index contributed by atoms with van der Waals surface area (Å²) in [5.41, 5.74) is 8.50. The molecule has 1 aromatic carbocycles. The normalized spacial score (nSPS) is 16.7. The van der Waals surface area contributed by atoms with Gasteiger partial charge in [-0.25, -0.2) is 0 Å². The Labute approximate surface area is 146 Å². The van der Waals surface area contributed by atoms with Crippen LogP contribution >= 0.6 is 0 Å². The van der Waals surface area contributed by atoms with Crippen LogP contribution in [-0.4, -0.2) is 56.2 Å². The van der Waals surface area contributed by atoms with Gasteiger partial charge in [0.2, 0.25) is 0 Å². The van der Waals surface area contributed by atoms with E-state index in [1.165, 1.54) is 17.7 Å². The molecule has 1 aliphatic heterocycles. The van der Waals surface area contributed by atoms with Gasteiger partial charge in [0.25, 0.3) is 0 Å². The van der Waals surface area contributed by atoms with Gasteiger partial charge < -0.3 is 16.0 Å². The molecule has 0 bridgehead atoms. The molecule has 0 aliphatic carbocycles. The number of hydrogen-bond acceptors (Lipinski definition) is 3. The molecule has 0 aromatic heterocycles. The number of aliphatic imine (C=N–C) groups is 1. The fraction of sp³-hybridized carbons (Fsp3) is 0.632. The van der Waals surface area contributed by atoms with Gasteiger partial charge in [-0.1, -0.05) is 12.1 Å². The molecule has 0 radical (unpaired) electrons. The minimum absolute atomic E-state index is 0.346. The topological polar surface area (TPSA) is 56.9 Å². The van der Waals surface area contributed by atoms with Crippen molar-refractivity contribution >= 4 is 11.6 Å². The molecule has 24 heavy (non-hydrogen) atoms. The van der Waals surface area contributed by atoms with E-state index in [0.717, 1.165) is 45.7 Å². The number of nitrogens with zero attached hydrogens (tertiary/aromatic N) is 3. The van der Waals surface area contributed by atoms with E-state index < -0.39 is 0 Å². The van der Waals surface area contributed by atoms with Crippen LogP contribution in [0.25, 0.3) is 0 Å². The molecule has 5 nitrogen and oxygen atoms in total. The van der Waals surface area contributed by atoms with E-state index in [9.17, 15) is 0 Å². The van der Waals surface area contributed by atoms with Crippen LogP contribution in [0.15, 0.2) is 29.3 Å². The molecule has 0 amide bonds. The molecule has 0 saturated carbocycles. The molecule has 1 aromatic rings. The van der Waals surface area contributed by atoms with Crippen LogP contribution < -0.4 is 16.0 Å². The van der Waals surface area contributed by atoms with E-state index in [-0.39, 0.29) is 0 Å². The third-order valence-corrected chi connectivity index (χ3v) is 4.34. The van der Waals surface area contributed by atoms with E-state index in [2.05, 4.69) is 65.1 Å². The number of aryl methyl sites for hydroxylation is 1. The molecular weight excluding hydrogens is 298 g/mol. The van der Waals surface area contributed by atoms with Gasteiger partial charge in [0.15, 0.2) is 5.96 Å². The van der Waals surface area contributed by atoms with Crippen LogP contribution in [0.5, 0.6) is 0 Å². The molecule has 1 aliphatic rings. The van der Waals surface area contributed by atoms with Crippen LogP contribution in [0, 0.1) is 6.92 Å². The Kier molecular flexibility index (Phi) is 7.37. The van der Waals surface area contributed by atoms with E-state index in [0.29, 0.717) is 12.0 Å². The first-order chi connectivity index (χ1) is 11.5. The standard InChI is InChI=1S/C19H33N5/c1-16(2)22-19(20)21-9-4-5-10-23-11-13-24(14-12-23)18-8-6-7-17(3)15-18/h6-8,15-16H,4-5,9-14H2,1-3H3,(H3,20,21,22). The number of rotatable bonds is 7. The Hall–Kier alpha value is -1.75. The maximum absolute atomic E-state index is 5.80. The highest BCUT2D eigenvalue weighted by Crippen LogP contribution is 2.17. The minimum atomic E-state index is 0.346. The summed E-state index contributed by atoms with van der Waals surface area (Å²) in [7, 11) is 0. The van der Waals surface area contributed by atoms with Gasteiger partial charge in [-0.05, 0) is 57.9 Å².